The van der Waals surface area contributed by atoms with Crippen molar-refractivity contribution in [2.45, 2.75) is 13.5 Å². The third-order valence-electron chi connectivity index (χ3n) is 5.41. The Morgan fingerprint density at radius 3 is 2.78 bits per heavy atom. The number of pyridine rings is 1. The second-order valence-corrected chi connectivity index (χ2v) is 8.55. The zero-order valence-electron chi connectivity index (χ0n) is 17.5. The molecule has 160 valence electrons. The zero-order valence-corrected chi connectivity index (χ0v) is 18.3. The molecule has 0 N–H and O–H groups in total. The highest BCUT2D eigenvalue weighted by atomic mass is 32.1. The topological polar surface area (TPSA) is 71.5 Å². The lowest BCUT2D eigenvalue weighted by atomic mass is 10.1. The molecule has 0 bridgehead atoms. The summed E-state index contributed by atoms with van der Waals surface area (Å²) in [5.74, 6) is 2.14. The van der Waals surface area contributed by atoms with Crippen molar-refractivity contribution in [1.82, 2.24) is 14.7 Å². The molecular weight excluding hydrogens is 426 g/mol. The molecule has 1 aliphatic heterocycles. The Bertz CT molecular complexity index is 1440. The first-order chi connectivity index (χ1) is 15.7. The highest BCUT2D eigenvalue weighted by molar-refractivity contribution is 7.22. The van der Waals surface area contributed by atoms with Crippen LogP contribution in [0.1, 0.15) is 11.3 Å². The average molecular weight is 446 g/mol. The summed E-state index contributed by atoms with van der Waals surface area (Å²) in [6.45, 7) is 2.74. The first-order valence-corrected chi connectivity index (χ1v) is 11.0. The normalized spacial score (nSPS) is 12.7. The van der Waals surface area contributed by atoms with Crippen LogP contribution in [0.15, 0.2) is 59.4 Å². The number of ether oxygens (including phenoxy) is 3. The molecule has 1 aromatic carbocycles. The molecule has 0 unspecified atom stereocenters. The molecule has 1 aliphatic rings. The second kappa shape index (κ2) is 7.51. The summed E-state index contributed by atoms with van der Waals surface area (Å²) in [5, 5.41) is 5.40. The van der Waals surface area contributed by atoms with Crippen LogP contribution in [0.2, 0.25) is 0 Å². The summed E-state index contributed by atoms with van der Waals surface area (Å²) in [6.07, 6.45) is 4.05. The van der Waals surface area contributed by atoms with Crippen LogP contribution in [0, 0.1) is 6.92 Å². The monoisotopic (exact) mass is 445 g/mol. The quantitative estimate of drug-likeness (QED) is 0.351. The minimum Gasteiger partial charge on any atom is -0.454 e. The Hall–Kier alpha value is -3.62. The van der Waals surface area contributed by atoms with Crippen molar-refractivity contribution < 1.29 is 18.7 Å². The fourth-order valence-electron chi connectivity index (χ4n) is 4.04. The minimum absolute atomic E-state index is 0.237. The molecule has 0 saturated heterocycles. The van der Waals surface area contributed by atoms with Gasteiger partial charge in [0.05, 0.1) is 17.2 Å². The summed E-state index contributed by atoms with van der Waals surface area (Å²) in [6, 6.07) is 13.8. The third-order valence-corrected chi connectivity index (χ3v) is 6.50. The maximum atomic E-state index is 5.84. The van der Waals surface area contributed by atoms with Crippen LogP contribution < -0.4 is 9.47 Å². The van der Waals surface area contributed by atoms with Gasteiger partial charge in [-0.3, -0.25) is 0 Å². The van der Waals surface area contributed by atoms with Gasteiger partial charge in [-0.2, -0.15) is 0 Å². The van der Waals surface area contributed by atoms with E-state index in [0.29, 0.717) is 18.1 Å². The average Bonchev–Trinajstić information content (AvgIpc) is 3.58. The number of hydrogen-bond donors (Lipinski definition) is 0. The Morgan fingerprint density at radius 1 is 1.09 bits per heavy atom. The number of fused-ring (bicyclic) bond motifs is 2. The molecule has 4 aromatic heterocycles. The van der Waals surface area contributed by atoms with Crippen LogP contribution in [-0.4, -0.2) is 28.6 Å². The summed E-state index contributed by atoms with van der Waals surface area (Å²) >= 11 is 1.59. The Labute approximate surface area is 187 Å². The Balaban J connectivity index is 1.53. The molecule has 8 heteroatoms. The molecule has 5 aromatic rings. The highest BCUT2D eigenvalue weighted by Gasteiger charge is 2.23. The van der Waals surface area contributed by atoms with Crippen LogP contribution in [0.5, 0.6) is 11.5 Å². The lowest BCUT2D eigenvalue weighted by Crippen LogP contribution is -1.96. The van der Waals surface area contributed by atoms with Gasteiger partial charge in [0, 0.05) is 42.2 Å². The van der Waals surface area contributed by atoms with Gasteiger partial charge in [-0.1, -0.05) is 5.16 Å². The lowest BCUT2D eigenvalue weighted by molar-refractivity contribution is 0.174. The number of nitrogens with zero attached hydrogens (tertiary/aromatic N) is 3. The van der Waals surface area contributed by atoms with Crippen LogP contribution in [-0.2, 0) is 11.3 Å². The van der Waals surface area contributed by atoms with E-state index in [0.717, 1.165) is 49.0 Å². The van der Waals surface area contributed by atoms with Gasteiger partial charge >= 0.3 is 0 Å². The molecule has 0 atom stereocenters. The molecule has 0 aliphatic carbocycles. The van der Waals surface area contributed by atoms with E-state index in [4.69, 9.17) is 23.7 Å². The lowest BCUT2D eigenvalue weighted by Gasteiger charge is -2.08. The second-order valence-electron chi connectivity index (χ2n) is 7.55. The number of aryl methyl sites for hydroxylation is 1. The van der Waals surface area contributed by atoms with Gasteiger partial charge in [0.25, 0.3) is 0 Å². The standard InChI is InChI=1S/C24H19N3O4S/c1-14-9-16(12-28-2)21-22(27-7-3-4-8-27)23(32-24(21)25-14)20-11-17(26-31-20)15-5-6-18-19(10-15)30-13-29-18/h3-11H,12-13H2,1-2H3. The van der Waals surface area contributed by atoms with E-state index in [9.17, 15) is 0 Å². The SMILES string of the molecule is COCc1cc(C)nc2sc(-c3cc(-c4ccc5c(c4)OCO5)no3)c(-n3cccc3)c12. The molecule has 0 spiro atoms. The van der Waals surface area contributed by atoms with Crippen LogP contribution >= 0.6 is 11.3 Å². The van der Waals surface area contributed by atoms with Crippen molar-refractivity contribution in [2.75, 3.05) is 13.9 Å². The molecule has 0 fully saturated rings. The van der Waals surface area contributed by atoms with Gasteiger partial charge in [-0.05, 0) is 48.9 Å². The van der Waals surface area contributed by atoms with Crippen LogP contribution in [0.3, 0.4) is 0 Å². The van der Waals surface area contributed by atoms with Crippen molar-refractivity contribution in [3.63, 3.8) is 0 Å². The van der Waals surface area contributed by atoms with Gasteiger partial charge < -0.3 is 23.3 Å². The Kier molecular flexibility index (Phi) is 4.48. The summed E-state index contributed by atoms with van der Waals surface area (Å²) in [5.41, 5.74) is 4.70. The molecular formula is C24H19N3O4S. The molecule has 0 amide bonds. The number of methoxy groups -OCH3 is 1. The van der Waals surface area contributed by atoms with Gasteiger partial charge in [0.15, 0.2) is 17.3 Å². The van der Waals surface area contributed by atoms with Crippen LogP contribution in [0.4, 0.5) is 0 Å². The predicted octanol–water partition coefficient (Wildman–Crippen LogP) is 5.59. The van der Waals surface area contributed by atoms with E-state index in [1.54, 1.807) is 18.4 Å². The number of benzene rings is 1. The summed E-state index contributed by atoms with van der Waals surface area (Å²) in [7, 11) is 1.71. The zero-order chi connectivity index (χ0) is 21.7. The number of rotatable bonds is 5. The Morgan fingerprint density at radius 2 is 1.94 bits per heavy atom. The summed E-state index contributed by atoms with van der Waals surface area (Å²) < 4.78 is 24.3. The van der Waals surface area contributed by atoms with E-state index in [1.807, 2.05) is 55.7 Å². The van der Waals surface area contributed by atoms with Crippen molar-refractivity contribution >= 4 is 21.6 Å². The fraction of sp³-hybridized carbons (Fsp3) is 0.167. The fourth-order valence-corrected chi connectivity index (χ4v) is 5.25. The maximum absolute atomic E-state index is 5.84. The number of thiophene rings is 1. The van der Waals surface area contributed by atoms with E-state index in [1.165, 1.54) is 0 Å². The smallest absolute Gasteiger partial charge is 0.231 e. The minimum atomic E-state index is 0.237. The van der Waals surface area contributed by atoms with Gasteiger partial charge in [0.2, 0.25) is 6.79 Å². The largest absolute Gasteiger partial charge is 0.454 e. The van der Waals surface area contributed by atoms with Crippen molar-refractivity contribution in [3.05, 3.63) is 66.1 Å². The van der Waals surface area contributed by atoms with E-state index >= 15 is 0 Å². The highest BCUT2D eigenvalue weighted by Crippen LogP contribution is 2.44. The van der Waals surface area contributed by atoms with Gasteiger partial charge in [-0.15, -0.1) is 11.3 Å². The van der Waals surface area contributed by atoms with Crippen LogP contribution in [0.25, 0.3) is 37.8 Å². The van der Waals surface area contributed by atoms with E-state index in [2.05, 4.69) is 15.8 Å². The first kappa shape index (κ1) is 19.1. The van der Waals surface area contributed by atoms with Gasteiger partial charge in [0.1, 0.15) is 10.5 Å². The van der Waals surface area contributed by atoms with Crippen molar-refractivity contribution in [1.29, 1.82) is 0 Å². The molecule has 0 radical (unpaired) electrons. The molecule has 32 heavy (non-hydrogen) atoms. The molecule has 0 saturated carbocycles. The maximum Gasteiger partial charge on any atom is 0.231 e. The third kappa shape index (κ3) is 3.07. The molecule has 5 heterocycles. The first-order valence-electron chi connectivity index (χ1n) is 10.1. The molecule has 6 rings (SSSR count). The number of aromatic nitrogens is 3. The number of hydrogen-bond acceptors (Lipinski definition) is 7. The molecule has 7 nitrogen and oxygen atoms in total. The predicted molar refractivity (Wildman–Crippen MR) is 121 cm³/mol. The summed E-state index contributed by atoms with van der Waals surface area (Å²) in [4.78, 5) is 6.70. The van der Waals surface area contributed by atoms with Gasteiger partial charge in [-0.25, -0.2) is 4.98 Å². The van der Waals surface area contributed by atoms with E-state index < -0.39 is 0 Å². The van der Waals surface area contributed by atoms with Crippen molar-refractivity contribution in [3.8, 4) is 39.1 Å². The van der Waals surface area contributed by atoms with E-state index in [-0.39, 0.29) is 6.79 Å². The van der Waals surface area contributed by atoms with Crippen molar-refractivity contribution in [2.24, 2.45) is 0 Å².